The topological polar surface area (TPSA) is 50.3 Å². The van der Waals surface area contributed by atoms with Gasteiger partial charge in [0.15, 0.2) is 5.69 Å². The van der Waals surface area contributed by atoms with E-state index in [-0.39, 0.29) is 17.4 Å². The first kappa shape index (κ1) is 23.6. The molecule has 0 bridgehead atoms. The number of nitrogens with two attached hydrogens (primary N) is 1. The third-order valence-corrected chi connectivity index (χ3v) is 7.12. The number of para-hydroxylation sites is 3. The number of hydrogen-bond donors (Lipinski definition) is 2. The summed E-state index contributed by atoms with van der Waals surface area (Å²) in [5, 5.41) is 3.61. The van der Waals surface area contributed by atoms with E-state index in [0.29, 0.717) is 0 Å². The van der Waals surface area contributed by atoms with Crippen LogP contribution in [0, 0.1) is 11.3 Å². The van der Waals surface area contributed by atoms with E-state index in [9.17, 15) is 0 Å². The Bertz CT molecular complexity index is 1170. The lowest BCUT2D eigenvalue weighted by atomic mass is 9.77. The largest absolute Gasteiger partial charge is 0.501 e. The molecule has 2 aromatic carbocycles. The lowest BCUT2D eigenvalue weighted by Gasteiger charge is -2.35. The molecule has 0 spiro atoms. The molecule has 3 atom stereocenters. The minimum Gasteiger partial charge on any atom is -0.501 e. The molecule has 176 valence electrons. The molecule has 4 rings (SSSR count). The molecule has 0 saturated carbocycles. The van der Waals surface area contributed by atoms with Gasteiger partial charge in [0.1, 0.15) is 6.04 Å². The first-order chi connectivity index (χ1) is 16.4. The highest BCUT2D eigenvalue weighted by Gasteiger charge is 2.37. The van der Waals surface area contributed by atoms with Crippen LogP contribution < -0.4 is 11.1 Å². The van der Waals surface area contributed by atoms with Gasteiger partial charge < -0.3 is 10.1 Å². The van der Waals surface area contributed by atoms with E-state index in [0.717, 1.165) is 47.1 Å². The Morgan fingerprint density at radius 3 is 2.50 bits per heavy atom. The molecule has 3 unspecified atom stereocenters. The summed E-state index contributed by atoms with van der Waals surface area (Å²) in [4.78, 5) is 0. The van der Waals surface area contributed by atoms with E-state index < -0.39 is 0 Å². The molecule has 2 aromatic rings. The van der Waals surface area contributed by atoms with Crippen LogP contribution in [-0.2, 0) is 4.74 Å². The van der Waals surface area contributed by atoms with Gasteiger partial charge in [-0.1, -0.05) is 68.5 Å². The molecular weight excluding hydrogens is 418 g/mol. The van der Waals surface area contributed by atoms with Crippen LogP contribution in [0.5, 0.6) is 0 Å². The van der Waals surface area contributed by atoms with Crippen LogP contribution in [0.25, 0.3) is 0 Å². The predicted octanol–water partition coefficient (Wildman–Crippen LogP) is 6.84. The third kappa shape index (κ3) is 4.86. The number of nitrogens with zero attached hydrogens (tertiary/aromatic N) is 1. The van der Waals surface area contributed by atoms with Crippen molar-refractivity contribution in [2.24, 2.45) is 17.1 Å². The molecule has 2 aliphatic rings. The highest BCUT2D eigenvalue weighted by atomic mass is 16.5. The average Bonchev–Trinajstić information content (AvgIpc) is 2.86. The molecule has 0 aromatic heterocycles. The van der Waals surface area contributed by atoms with Gasteiger partial charge in [0, 0.05) is 22.6 Å². The standard InChI is InChI=1S/C30H35N3O/c1-22-21-24(17-18-28(22)34-4)29(31)33(23(2)30(3)19-11-6-12-20-30)27-16-10-9-15-26(27)32-25-13-7-5-8-14-25/h5-19,22-23,31-32H,20-21H2,1-4H3/p+1. The molecule has 2 aliphatic carbocycles. The number of methoxy groups -OCH3 is 1. The molecule has 4 heteroatoms. The van der Waals surface area contributed by atoms with Crippen molar-refractivity contribution >= 4 is 22.9 Å². The Hall–Kier alpha value is -3.53. The summed E-state index contributed by atoms with van der Waals surface area (Å²) < 4.78 is 7.87. The fourth-order valence-electron chi connectivity index (χ4n) is 4.82. The normalized spacial score (nSPS) is 23.5. The number of hydrogen-bond acceptors (Lipinski definition) is 2. The van der Waals surface area contributed by atoms with E-state index >= 15 is 0 Å². The lowest BCUT2D eigenvalue weighted by Crippen LogP contribution is -2.42. The number of benzene rings is 2. The maximum absolute atomic E-state index is 7.04. The third-order valence-electron chi connectivity index (χ3n) is 7.12. The summed E-state index contributed by atoms with van der Waals surface area (Å²) in [5.74, 6) is 2.07. The first-order valence-corrected chi connectivity index (χ1v) is 12.0. The molecule has 0 saturated heterocycles. The molecule has 0 fully saturated rings. The second kappa shape index (κ2) is 10.2. The van der Waals surface area contributed by atoms with Crippen molar-refractivity contribution in [2.45, 2.75) is 39.7 Å². The summed E-state index contributed by atoms with van der Waals surface area (Å²) in [7, 11) is 1.73. The van der Waals surface area contributed by atoms with Crippen molar-refractivity contribution in [1.82, 2.24) is 0 Å². The lowest BCUT2D eigenvalue weighted by molar-refractivity contribution is -0.497. The fraction of sp³-hybridized carbons (Fsp3) is 0.300. The first-order valence-electron chi connectivity index (χ1n) is 12.0. The zero-order valence-electron chi connectivity index (χ0n) is 20.7. The summed E-state index contributed by atoms with van der Waals surface area (Å²) >= 11 is 0. The second-order valence-corrected chi connectivity index (χ2v) is 9.51. The fourth-order valence-corrected chi connectivity index (χ4v) is 4.82. The summed E-state index contributed by atoms with van der Waals surface area (Å²) in [6.45, 7) is 6.77. The highest BCUT2D eigenvalue weighted by molar-refractivity contribution is 5.95. The van der Waals surface area contributed by atoms with Gasteiger partial charge in [-0.2, -0.15) is 0 Å². The van der Waals surface area contributed by atoms with Crippen LogP contribution in [0.3, 0.4) is 0 Å². The molecule has 0 amide bonds. The zero-order chi connectivity index (χ0) is 24.1. The molecule has 0 heterocycles. The number of amidine groups is 1. The Labute approximate surface area is 203 Å². The van der Waals surface area contributed by atoms with E-state index in [2.05, 4.69) is 104 Å². The number of allylic oxidation sites excluding steroid dienone is 6. The summed E-state index contributed by atoms with van der Waals surface area (Å²) in [6, 6.07) is 18.8. The second-order valence-electron chi connectivity index (χ2n) is 9.51. The molecule has 0 radical (unpaired) electrons. The predicted molar refractivity (Wildman–Crippen MR) is 143 cm³/mol. The SMILES string of the molecule is COC1=CC=C(C(N)=[N+](c2ccccc2Nc2ccccc2)C(C)C2(C)C=CC=CC2)CC1C. The van der Waals surface area contributed by atoms with Gasteiger partial charge in [0.2, 0.25) is 0 Å². The minimum absolute atomic E-state index is 0.0619. The van der Waals surface area contributed by atoms with Crippen LogP contribution >= 0.6 is 0 Å². The van der Waals surface area contributed by atoms with Crippen LogP contribution in [0.2, 0.25) is 0 Å². The number of anilines is 2. The van der Waals surface area contributed by atoms with E-state index in [1.807, 2.05) is 18.2 Å². The van der Waals surface area contributed by atoms with Crippen LogP contribution in [0.1, 0.15) is 33.6 Å². The Balaban J connectivity index is 1.85. The smallest absolute Gasteiger partial charge is 0.276 e. The molecule has 4 nitrogen and oxygen atoms in total. The van der Waals surface area contributed by atoms with E-state index in [1.165, 1.54) is 0 Å². The number of nitrogens with one attached hydrogen (secondary N) is 1. The monoisotopic (exact) mass is 454 g/mol. The van der Waals surface area contributed by atoms with Gasteiger partial charge in [-0.15, -0.1) is 0 Å². The van der Waals surface area contributed by atoms with Crippen LogP contribution in [0.4, 0.5) is 17.1 Å². The maximum Gasteiger partial charge on any atom is 0.276 e. The highest BCUT2D eigenvalue weighted by Crippen LogP contribution is 2.39. The van der Waals surface area contributed by atoms with E-state index in [4.69, 9.17) is 10.5 Å². The quantitative estimate of drug-likeness (QED) is 0.274. The summed E-state index contributed by atoms with van der Waals surface area (Å²) in [6.07, 6.45) is 14.8. The van der Waals surface area contributed by atoms with Crippen molar-refractivity contribution in [1.29, 1.82) is 0 Å². The molecule has 3 N–H and O–H groups in total. The van der Waals surface area contributed by atoms with Gasteiger partial charge in [0.05, 0.1) is 18.6 Å². The number of ether oxygens (including phenoxy) is 1. The molecule has 34 heavy (non-hydrogen) atoms. The van der Waals surface area contributed by atoms with Gasteiger partial charge in [-0.25, -0.2) is 4.58 Å². The minimum atomic E-state index is -0.0619. The van der Waals surface area contributed by atoms with Crippen molar-refractivity contribution in [3.8, 4) is 0 Å². The van der Waals surface area contributed by atoms with Crippen LogP contribution in [-0.4, -0.2) is 23.6 Å². The van der Waals surface area contributed by atoms with Crippen LogP contribution in [0.15, 0.2) is 102 Å². The van der Waals surface area contributed by atoms with Crippen molar-refractivity contribution in [2.75, 3.05) is 12.4 Å². The average molecular weight is 455 g/mol. The van der Waals surface area contributed by atoms with Crippen molar-refractivity contribution in [3.63, 3.8) is 0 Å². The van der Waals surface area contributed by atoms with Gasteiger partial charge >= 0.3 is 0 Å². The Morgan fingerprint density at radius 1 is 1.09 bits per heavy atom. The van der Waals surface area contributed by atoms with E-state index in [1.54, 1.807) is 7.11 Å². The van der Waals surface area contributed by atoms with Gasteiger partial charge in [-0.3, -0.25) is 5.73 Å². The molecular formula is C30H36N3O+. The number of rotatable bonds is 7. The van der Waals surface area contributed by atoms with Crippen molar-refractivity contribution < 1.29 is 9.31 Å². The van der Waals surface area contributed by atoms with Gasteiger partial charge in [-0.05, 0) is 56.2 Å². The zero-order valence-corrected chi connectivity index (χ0v) is 20.7. The summed E-state index contributed by atoms with van der Waals surface area (Å²) in [5.41, 5.74) is 11.2. The Morgan fingerprint density at radius 2 is 1.82 bits per heavy atom. The maximum atomic E-state index is 7.04. The van der Waals surface area contributed by atoms with Gasteiger partial charge in [0.25, 0.3) is 5.84 Å². The molecule has 0 aliphatic heterocycles. The Kier molecular flexibility index (Phi) is 7.06. The van der Waals surface area contributed by atoms with Crippen molar-refractivity contribution in [3.05, 3.63) is 102 Å².